The molecule has 0 unspecified atom stereocenters. The number of carbonyl (C=O) groups excluding carboxylic acids is 2. The van der Waals surface area contributed by atoms with Gasteiger partial charge < -0.3 is 10.2 Å². The summed E-state index contributed by atoms with van der Waals surface area (Å²) in [5.41, 5.74) is 1.53. The van der Waals surface area contributed by atoms with Crippen LogP contribution in [0.2, 0.25) is 10.0 Å². The second-order valence-corrected chi connectivity index (χ2v) is 13.1. The maximum Gasteiger partial charge on any atom is 0.264 e. The molecule has 1 aliphatic carbocycles. The van der Waals surface area contributed by atoms with Crippen molar-refractivity contribution in [1.29, 1.82) is 0 Å². The van der Waals surface area contributed by atoms with Gasteiger partial charge in [-0.3, -0.25) is 13.9 Å². The number of rotatable bonds is 10. The van der Waals surface area contributed by atoms with E-state index in [1.807, 2.05) is 6.07 Å². The number of halogens is 2. The van der Waals surface area contributed by atoms with Gasteiger partial charge in [-0.1, -0.05) is 78.9 Å². The van der Waals surface area contributed by atoms with E-state index in [2.05, 4.69) is 5.32 Å². The topological polar surface area (TPSA) is 86.8 Å². The second kappa shape index (κ2) is 13.7. The molecular weight excluding hydrogens is 581 g/mol. The van der Waals surface area contributed by atoms with E-state index < -0.39 is 28.5 Å². The van der Waals surface area contributed by atoms with Crippen molar-refractivity contribution in [3.05, 3.63) is 94.0 Å². The van der Waals surface area contributed by atoms with E-state index in [0.29, 0.717) is 15.6 Å². The molecule has 0 aliphatic heterocycles. The fraction of sp³-hybridized carbons (Fsp3) is 0.355. The fourth-order valence-electron chi connectivity index (χ4n) is 5.08. The molecule has 218 valence electrons. The molecule has 1 N–H and O–H groups in total. The number of carbonyl (C=O) groups is 2. The summed E-state index contributed by atoms with van der Waals surface area (Å²) in [6, 6.07) is 19.1. The average Bonchev–Trinajstić information content (AvgIpc) is 2.97. The lowest BCUT2D eigenvalue weighted by molar-refractivity contribution is -0.139. The lowest BCUT2D eigenvalue weighted by Crippen LogP contribution is -2.53. The Kier molecular flexibility index (Phi) is 10.3. The number of hydrogen-bond acceptors (Lipinski definition) is 4. The van der Waals surface area contributed by atoms with Crippen LogP contribution in [0, 0.1) is 6.92 Å². The summed E-state index contributed by atoms with van der Waals surface area (Å²) in [7, 11) is -4.16. The Morgan fingerprint density at radius 2 is 1.63 bits per heavy atom. The summed E-state index contributed by atoms with van der Waals surface area (Å²) >= 11 is 12.6. The molecule has 0 heterocycles. The zero-order valence-corrected chi connectivity index (χ0v) is 25.6. The van der Waals surface area contributed by atoms with E-state index >= 15 is 0 Å². The van der Waals surface area contributed by atoms with E-state index in [1.54, 1.807) is 68.4 Å². The summed E-state index contributed by atoms with van der Waals surface area (Å²) in [6.45, 7) is 2.92. The maximum absolute atomic E-state index is 14.1. The third-order valence-corrected chi connectivity index (χ3v) is 9.90. The number of amides is 2. The molecule has 3 aromatic rings. The molecule has 0 saturated heterocycles. The number of sulfonamides is 1. The van der Waals surface area contributed by atoms with Crippen molar-refractivity contribution in [3.8, 4) is 0 Å². The molecule has 7 nitrogen and oxygen atoms in total. The lowest BCUT2D eigenvalue weighted by atomic mass is 9.95. The van der Waals surface area contributed by atoms with Gasteiger partial charge in [0.2, 0.25) is 11.8 Å². The average molecular weight is 617 g/mol. The van der Waals surface area contributed by atoms with Crippen LogP contribution in [0.5, 0.6) is 0 Å². The first-order valence-electron chi connectivity index (χ1n) is 13.7. The summed E-state index contributed by atoms with van der Waals surface area (Å²) < 4.78 is 29.0. The Bertz CT molecular complexity index is 1480. The predicted molar refractivity (Wildman–Crippen MR) is 164 cm³/mol. The Balaban J connectivity index is 1.70. The van der Waals surface area contributed by atoms with Crippen LogP contribution >= 0.6 is 23.2 Å². The number of nitrogens with zero attached hydrogens (tertiary/aromatic N) is 2. The van der Waals surface area contributed by atoms with Crippen molar-refractivity contribution in [2.45, 2.75) is 69.5 Å². The summed E-state index contributed by atoms with van der Waals surface area (Å²) in [4.78, 5) is 29.0. The first kappa shape index (κ1) is 30.9. The first-order chi connectivity index (χ1) is 19.6. The smallest absolute Gasteiger partial charge is 0.264 e. The van der Waals surface area contributed by atoms with Gasteiger partial charge in [0, 0.05) is 22.6 Å². The van der Waals surface area contributed by atoms with Crippen LogP contribution in [0.25, 0.3) is 0 Å². The summed E-state index contributed by atoms with van der Waals surface area (Å²) in [5.74, 6) is -0.807. The Hall–Kier alpha value is -3.07. The van der Waals surface area contributed by atoms with Gasteiger partial charge in [-0.15, -0.1) is 0 Å². The predicted octanol–water partition coefficient (Wildman–Crippen LogP) is 6.36. The molecule has 1 fully saturated rings. The highest BCUT2D eigenvalue weighted by Gasteiger charge is 2.34. The van der Waals surface area contributed by atoms with Gasteiger partial charge in [-0.25, -0.2) is 8.42 Å². The van der Waals surface area contributed by atoms with Crippen molar-refractivity contribution in [1.82, 2.24) is 10.2 Å². The number of hydrogen-bond donors (Lipinski definition) is 1. The van der Waals surface area contributed by atoms with Crippen LogP contribution in [0.3, 0.4) is 0 Å². The Labute approximate surface area is 252 Å². The van der Waals surface area contributed by atoms with Crippen molar-refractivity contribution in [2.24, 2.45) is 0 Å². The minimum Gasteiger partial charge on any atom is -0.352 e. The molecule has 10 heteroatoms. The molecule has 0 aromatic heterocycles. The van der Waals surface area contributed by atoms with Crippen LogP contribution < -0.4 is 9.62 Å². The van der Waals surface area contributed by atoms with Gasteiger partial charge in [0.25, 0.3) is 10.0 Å². The quantitative estimate of drug-likeness (QED) is 0.287. The van der Waals surface area contributed by atoms with Crippen LogP contribution in [-0.4, -0.2) is 43.8 Å². The SMILES string of the molecule is Cc1c(Cl)cccc1N(CC(=O)N(Cc1cccc(Cl)c1)[C@@H](C)C(=O)NC1CCCCC1)S(=O)(=O)c1ccccc1. The number of nitrogens with one attached hydrogen (secondary N) is 1. The van der Waals surface area contributed by atoms with Crippen LogP contribution in [-0.2, 0) is 26.2 Å². The van der Waals surface area contributed by atoms with Crippen LogP contribution in [0.15, 0.2) is 77.7 Å². The third-order valence-electron chi connectivity index (χ3n) is 7.48. The molecule has 0 spiro atoms. The Morgan fingerprint density at radius 3 is 2.32 bits per heavy atom. The van der Waals surface area contributed by atoms with Crippen molar-refractivity contribution < 1.29 is 18.0 Å². The first-order valence-corrected chi connectivity index (χ1v) is 15.9. The highest BCUT2D eigenvalue weighted by atomic mass is 35.5. The van der Waals surface area contributed by atoms with E-state index in [1.165, 1.54) is 17.0 Å². The number of anilines is 1. The molecule has 0 radical (unpaired) electrons. The summed E-state index contributed by atoms with van der Waals surface area (Å²) in [6.07, 6.45) is 5.05. The monoisotopic (exact) mass is 615 g/mol. The molecule has 3 aromatic carbocycles. The van der Waals surface area contributed by atoms with Crippen molar-refractivity contribution in [3.63, 3.8) is 0 Å². The zero-order valence-electron chi connectivity index (χ0n) is 23.2. The zero-order chi connectivity index (χ0) is 29.6. The molecule has 0 bridgehead atoms. The maximum atomic E-state index is 14.1. The molecule has 1 saturated carbocycles. The van der Waals surface area contributed by atoms with E-state index in [-0.39, 0.29) is 29.1 Å². The van der Waals surface area contributed by atoms with E-state index in [9.17, 15) is 18.0 Å². The van der Waals surface area contributed by atoms with E-state index in [4.69, 9.17) is 23.2 Å². The standard InChI is InChI=1S/C31H35Cl2N3O4S/c1-22-28(33)17-10-18-29(22)36(41(39,40)27-15-7-4-8-16-27)21-30(37)35(20-24-11-9-12-25(32)19-24)23(2)31(38)34-26-13-5-3-6-14-26/h4,7-12,15-19,23,26H,3,5-6,13-14,20-21H2,1-2H3,(H,34,38)/t23-/m0/s1. The van der Waals surface area contributed by atoms with Gasteiger partial charge in [0.1, 0.15) is 12.6 Å². The largest absolute Gasteiger partial charge is 0.352 e. The van der Waals surface area contributed by atoms with Crippen molar-refractivity contribution >= 4 is 50.7 Å². The van der Waals surface area contributed by atoms with Gasteiger partial charge in [-0.2, -0.15) is 0 Å². The van der Waals surface area contributed by atoms with Crippen LogP contribution in [0.4, 0.5) is 5.69 Å². The van der Waals surface area contributed by atoms with Crippen LogP contribution in [0.1, 0.15) is 50.2 Å². The van der Waals surface area contributed by atoms with E-state index in [0.717, 1.165) is 42.0 Å². The van der Waals surface area contributed by atoms with Gasteiger partial charge in [-0.05, 0) is 74.2 Å². The highest BCUT2D eigenvalue weighted by Crippen LogP contribution is 2.31. The highest BCUT2D eigenvalue weighted by molar-refractivity contribution is 7.92. The molecular formula is C31H35Cl2N3O4S. The number of benzene rings is 3. The fourth-order valence-corrected chi connectivity index (χ4v) is 6.96. The van der Waals surface area contributed by atoms with Gasteiger partial charge in [0.15, 0.2) is 0 Å². The van der Waals surface area contributed by atoms with Gasteiger partial charge in [0.05, 0.1) is 10.6 Å². The lowest BCUT2D eigenvalue weighted by Gasteiger charge is -2.33. The van der Waals surface area contributed by atoms with Gasteiger partial charge >= 0.3 is 0 Å². The molecule has 1 atom stereocenters. The van der Waals surface area contributed by atoms with Crippen molar-refractivity contribution in [2.75, 3.05) is 10.8 Å². The Morgan fingerprint density at radius 1 is 0.951 bits per heavy atom. The minimum atomic E-state index is -4.16. The normalized spacial score (nSPS) is 14.7. The third kappa shape index (κ3) is 7.61. The summed E-state index contributed by atoms with van der Waals surface area (Å²) in [5, 5.41) is 3.97. The molecule has 2 amide bonds. The molecule has 1 aliphatic rings. The molecule has 4 rings (SSSR count). The second-order valence-electron chi connectivity index (χ2n) is 10.4. The minimum absolute atomic E-state index is 0.0386. The molecule has 41 heavy (non-hydrogen) atoms.